The largest absolute Gasteiger partial charge is 0.508 e. The quantitative estimate of drug-likeness (QED) is 0.808. The molecular formula is C20H21N3O4. The number of hydrogen-bond donors (Lipinski definition) is 2. The second-order valence-electron chi connectivity index (χ2n) is 6.63. The standard InChI is InChI=1S/C20H21N3O4/c1-12-8-14(24)5-6-18(12)22-10-17-13(2)16(9-21)19(25)23(20(17)26)11-15-4-3-7-27-15/h5-6,8,10,15,24,26H,3-4,7,11H2,1-2H3. The normalized spacial score (nSPS) is 16.7. The molecule has 2 aromatic rings. The van der Waals surface area contributed by atoms with Crippen LogP contribution in [0.2, 0.25) is 0 Å². The van der Waals surface area contributed by atoms with E-state index in [1.54, 1.807) is 26.0 Å². The van der Waals surface area contributed by atoms with Crippen LogP contribution < -0.4 is 5.56 Å². The minimum atomic E-state index is -0.527. The van der Waals surface area contributed by atoms with Crippen molar-refractivity contribution >= 4 is 11.9 Å². The highest BCUT2D eigenvalue weighted by molar-refractivity contribution is 5.87. The van der Waals surface area contributed by atoms with E-state index in [9.17, 15) is 20.3 Å². The molecular weight excluding hydrogens is 346 g/mol. The van der Waals surface area contributed by atoms with Gasteiger partial charge in [-0.3, -0.25) is 14.4 Å². The fourth-order valence-electron chi connectivity index (χ4n) is 3.21. The zero-order valence-corrected chi connectivity index (χ0v) is 15.3. The second-order valence-corrected chi connectivity index (χ2v) is 6.63. The zero-order valence-electron chi connectivity index (χ0n) is 15.3. The lowest BCUT2D eigenvalue weighted by atomic mass is 10.1. The third-order valence-electron chi connectivity index (χ3n) is 4.77. The van der Waals surface area contributed by atoms with Crippen LogP contribution in [0.3, 0.4) is 0 Å². The molecule has 1 saturated heterocycles. The van der Waals surface area contributed by atoms with Crippen LogP contribution in [0.1, 0.15) is 35.1 Å². The van der Waals surface area contributed by atoms with E-state index < -0.39 is 5.56 Å². The molecule has 2 N–H and O–H groups in total. The first-order valence-corrected chi connectivity index (χ1v) is 8.74. The number of aliphatic imine (C=N–C) groups is 1. The third kappa shape index (κ3) is 3.71. The van der Waals surface area contributed by atoms with Gasteiger partial charge in [0, 0.05) is 12.8 Å². The molecule has 0 spiro atoms. The van der Waals surface area contributed by atoms with Gasteiger partial charge in [0.15, 0.2) is 0 Å². The Morgan fingerprint density at radius 2 is 2.19 bits per heavy atom. The van der Waals surface area contributed by atoms with Crippen LogP contribution in [0.5, 0.6) is 11.6 Å². The Kier molecular flexibility index (Phi) is 5.28. The van der Waals surface area contributed by atoms with Crippen molar-refractivity contribution in [1.29, 1.82) is 5.26 Å². The fourth-order valence-corrected chi connectivity index (χ4v) is 3.21. The summed E-state index contributed by atoms with van der Waals surface area (Å²) in [5.74, 6) is -0.0884. The van der Waals surface area contributed by atoms with E-state index in [1.165, 1.54) is 16.8 Å². The van der Waals surface area contributed by atoms with Crippen LogP contribution in [0.4, 0.5) is 5.69 Å². The number of hydrogen-bond acceptors (Lipinski definition) is 6. The third-order valence-corrected chi connectivity index (χ3v) is 4.77. The Hall–Kier alpha value is -3.11. The number of phenols is 1. The first-order valence-electron chi connectivity index (χ1n) is 8.74. The minimum Gasteiger partial charge on any atom is -0.508 e. The molecule has 1 aromatic carbocycles. The number of aromatic hydroxyl groups is 2. The second kappa shape index (κ2) is 7.64. The van der Waals surface area contributed by atoms with Gasteiger partial charge in [0.1, 0.15) is 17.4 Å². The highest BCUT2D eigenvalue weighted by Crippen LogP contribution is 2.26. The average molecular weight is 367 g/mol. The summed E-state index contributed by atoms with van der Waals surface area (Å²) in [6, 6.07) is 6.69. The van der Waals surface area contributed by atoms with Gasteiger partial charge in [0.25, 0.3) is 5.56 Å². The van der Waals surface area contributed by atoms with Crippen molar-refractivity contribution in [3.05, 3.63) is 50.8 Å². The molecule has 0 aliphatic carbocycles. The number of phenolic OH excluding ortho intramolecular Hbond substituents is 1. The molecule has 1 fully saturated rings. The van der Waals surface area contributed by atoms with E-state index in [-0.39, 0.29) is 29.8 Å². The Morgan fingerprint density at radius 3 is 2.81 bits per heavy atom. The molecule has 0 saturated carbocycles. The summed E-state index contributed by atoms with van der Waals surface area (Å²) in [6.45, 7) is 4.24. The van der Waals surface area contributed by atoms with Gasteiger partial charge >= 0.3 is 0 Å². The van der Waals surface area contributed by atoms with Crippen LogP contribution in [0.25, 0.3) is 0 Å². The molecule has 0 amide bonds. The van der Waals surface area contributed by atoms with E-state index >= 15 is 0 Å². The number of ether oxygens (including phenoxy) is 1. The molecule has 27 heavy (non-hydrogen) atoms. The van der Waals surface area contributed by atoms with Gasteiger partial charge in [-0.05, 0) is 56.0 Å². The molecule has 3 rings (SSSR count). The van der Waals surface area contributed by atoms with E-state index in [1.807, 2.05) is 6.07 Å². The van der Waals surface area contributed by atoms with Gasteiger partial charge in [-0.25, -0.2) is 0 Å². The van der Waals surface area contributed by atoms with Gasteiger partial charge in [-0.1, -0.05) is 0 Å². The molecule has 7 heteroatoms. The number of benzene rings is 1. The first-order chi connectivity index (χ1) is 12.9. The van der Waals surface area contributed by atoms with Crippen molar-refractivity contribution in [2.45, 2.75) is 39.3 Å². The predicted octanol–water partition coefficient (Wildman–Crippen LogP) is 2.68. The van der Waals surface area contributed by atoms with Crippen LogP contribution in [0.15, 0.2) is 28.0 Å². The average Bonchev–Trinajstić information content (AvgIpc) is 3.14. The Balaban J connectivity index is 2.07. The maximum absolute atomic E-state index is 12.6. The van der Waals surface area contributed by atoms with Crippen LogP contribution in [-0.2, 0) is 11.3 Å². The molecule has 1 atom stereocenters. The van der Waals surface area contributed by atoms with Gasteiger partial charge in [0.05, 0.1) is 23.9 Å². The van der Waals surface area contributed by atoms with E-state index in [4.69, 9.17) is 4.74 Å². The van der Waals surface area contributed by atoms with Gasteiger partial charge in [0.2, 0.25) is 5.88 Å². The highest BCUT2D eigenvalue weighted by Gasteiger charge is 2.23. The summed E-state index contributed by atoms with van der Waals surface area (Å²) in [5, 5.41) is 29.6. The van der Waals surface area contributed by atoms with Crippen molar-refractivity contribution in [3.63, 3.8) is 0 Å². The van der Waals surface area contributed by atoms with E-state index in [0.29, 0.717) is 23.4 Å². The summed E-state index contributed by atoms with van der Waals surface area (Å²) in [5.41, 5.74) is 1.52. The lowest BCUT2D eigenvalue weighted by Crippen LogP contribution is -2.29. The number of pyridine rings is 1. The SMILES string of the molecule is Cc1cc(O)ccc1N=Cc1c(C)c(C#N)c(=O)n(CC2CCCO2)c1O. The number of aryl methyl sites for hydroxylation is 1. The Morgan fingerprint density at radius 1 is 1.41 bits per heavy atom. The number of aromatic nitrogens is 1. The molecule has 2 heterocycles. The van der Waals surface area contributed by atoms with E-state index in [0.717, 1.165) is 18.4 Å². The first kappa shape index (κ1) is 18.7. The maximum atomic E-state index is 12.6. The van der Waals surface area contributed by atoms with Gasteiger partial charge in [-0.2, -0.15) is 5.26 Å². The minimum absolute atomic E-state index is 0.0188. The number of nitriles is 1. The molecule has 0 bridgehead atoms. The van der Waals surface area contributed by atoms with Crippen molar-refractivity contribution in [1.82, 2.24) is 4.57 Å². The van der Waals surface area contributed by atoms with Gasteiger partial charge < -0.3 is 14.9 Å². The van der Waals surface area contributed by atoms with Crippen molar-refractivity contribution in [2.24, 2.45) is 4.99 Å². The number of nitrogens with zero attached hydrogens (tertiary/aromatic N) is 3. The molecule has 1 aromatic heterocycles. The smallest absolute Gasteiger partial charge is 0.271 e. The van der Waals surface area contributed by atoms with E-state index in [2.05, 4.69) is 4.99 Å². The molecule has 140 valence electrons. The molecule has 7 nitrogen and oxygen atoms in total. The zero-order chi connectivity index (χ0) is 19.6. The summed E-state index contributed by atoms with van der Waals surface area (Å²) in [4.78, 5) is 17.0. The van der Waals surface area contributed by atoms with Crippen LogP contribution in [0, 0.1) is 25.2 Å². The molecule has 0 radical (unpaired) electrons. The van der Waals surface area contributed by atoms with Crippen molar-refractivity contribution < 1.29 is 14.9 Å². The molecule has 1 unspecified atom stereocenters. The lowest BCUT2D eigenvalue weighted by Gasteiger charge is -2.17. The van der Waals surface area contributed by atoms with Crippen LogP contribution >= 0.6 is 0 Å². The Bertz CT molecular complexity index is 996. The summed E-state index contributed by atoms with van der Waals surface area (Å²) in [7, 11) is 0. The lowest BCUT2D eigenvalue weighted by molar-refractivity contribution is 0.0938. The summed E-state index contributed by atoms with van der Waals surface area (Å²) < 4.78 is 6.74. The van der Waals surface area contributed by atoms with Crippen molar-refractivity contribution in [2.75, 3.05) is 6.61 Å². The Labute approximate surface area is 156 Å². The van der Waals surface area contributed by atoms with Crippen LogP contribution in [-0.4, -0.2) is 33.7 Å². The number of rotatable bonds is 4. The monoisotopic (exact) mass is 367 g/mol. The summed E-state index contributed by atoms with van der Waals surface area (Å²) >= 11 is 0. The fraction of sp³-hybridized carbons (Fsp3) is 0.350. The van der Waals surface area contributed by atoms with Gasteiger partial charge in [-0.15, -0.1) is 0 Å². The maximum Gasteiger partial charge on any atom is 0.271 e. The highest BCUT2D eigenvalue weighted by atomic mass is 16.5. The molecule has 1 aliphatic heterocycles. The molecule has 1 aliphatic rings. The predicted molar refractivity (Wildman–Crippen MR) is 101 cm³/mol. The van der Waals surface area contributed by atoms with Crippen molar-refractivity contribution in [3.8, 4) is 17.7 Å². The topological polar surface area (TPSA) is 108 Å². The summed E-state index contributed by atoms with van der Waals surface area (Å²) in [6.07, 6.45) is 2.99.